The van der Waals surface area contributed by atoms with Gasteiger partial charge in [0.1, 0.15) is 11.5 Å². The molecule has 1 atom stereocenters. The van der Waals surface area contributed by atoms with E-state index in [9.17, 15) is 9.50 Å². The number of fused-ring (bicyclic) bond motifs is 1. The highest BCUT2D eigenvalue weighted by atomic mass is 19.1. The minimum absolute atomic E-state index is 0.0677. The van der Waals surface area contributed by atoms with Gasteiger partial charge in [-0.1, -0.05) is 20.3 Å². The maximum absolute atomic E-state index is 13.5. The van der Waals surface area contributed by atoms with Crippen LogP contribution in [0.25, 0.3) is 28.3 Å². The van der Waals surface area contributed by atoms with Gasteiger partial charge in [0.05, 0.1) is 23.7 Å². The lowest BCUT2D eigenvalue weighted by Gasteiger charge is -2.11. The number of nitrogens with one attached hydrogen (secondary N) is 1. The van der Waals surface area contributed by atoms with E-state index in [2.05, 4.69) is 24.1 Å². The molecule has 154 valence electrons. The minimum atomic E-state index is -0.301. The number of aliphatic hydroxyl groups is 1. The molecule has 3 heterocycles. The zero-order valence-electron chi connectivity index (χ0n) is 17.0. The van der Waals surface area contributed by atoms with Crippen molar-refractivity contribution in [3.05, 3.63) is 66.2 Å². The third-order valence-electron chi connectivity index (χ3n) is 5.19. The average Bonchev–Trinajstić information content (AvgIpc) is 3.16. The summed E-state index contributed by atoms with van der Waals surface area (Å²) in [6.07, 6.45) is 4.66. The molecular weight excluding hydrogens is 381 g/mol. The van der Waals surface area contributed by atoms with Crippen molar-refractivity contribution in [1.82, 2.24) is 19.4 Å². The smallest absolute Gasteiger partial charge is 0.223 e. The van der Waals surface area contributed by atoms with Crippen LogP contribution in [0.3, 0.4) is 0 Å². The van der Waals surface area contributed by atoms with Gasteiger partial charge in [-0.2, -0.15) is 0 Å². The van der Waals surface area contributed by atoms with Gasteiger partial charge in [0.25, 0.3) is 0 Å². The number of hydrogen-bond donors (Lipinski definition) is 2. The van der Waals surface area contributed by atoms with Crippen LogP contribution in [0.5, 0.6) is 0 Å². The molecule has 6 nitrogen and oxygen atoms in total. The number of benzene rings is 1. The Balaban J connectivity index is 1.84. The van der Waals surface area contributed by atoms with Crippen LogP contribution < -0.4 is 5.32 Å². The van der Waals surface area contributed by atoms with Gasteiger partial charge in [-0.05, 0) is 53.9 Å². The number of nitrogens with zero attached hydrogens (tertiary/aromatic N) is 4. The molecule has 4 aromatic rings. The molecule has 0 bridgehead atoms. The van der Waals surface area contributed by atoms with Crippen LogP contribution in [0.2, 0.25) is 0 Å². The molecule has 0 saturated carbocycles. The Morgan fingerprint density at radius 1 is 1.13 bits per heavy atom. The normalized spacial score (nSPS) is 12.3. The monoisotopic (exact) mass is 405 g/mol. The molecule has 0 aliphatic rings. The van der Waals surface area contributed by atoms with E-state index in [1.165, 1.54) is 12.1 Å². The van der Waals surface area contributed by atoms with Crippen LogP contribution in [0.4, 0.5) is 10.3 Å². The van der Waals surface area contributed by atoms with Crippen LogP contribution >= 0.6 is 0 Å². The van der Waals surface area contributed by atoms with Gasteiger partial charge in [-0.25, -0.2) is 19.3 Å². The highest BCUT2D eigenvalue weighted by molar-refractivity contribution is 5.80. The van der Waals surface area contributed by atoms with E-state index in [-0.39, 0.29) is 12.4 Å². The number of rotatable bonds is 7. The number of hydrogen-bond acceptors (Lipinski definition) is 5. The first-order chi connectivity index (χ1) is 14.6. The van der Waals surface area contributed by atoms with Crippen molar-refractivity contribution in [3.63, 3.8) is 0 Å². The standard InChI is InChI=1S/C23H24FN5O/c1-3-15(2)13-26-23-25-10-8-19(27-23)22-21(17-4-6-18(24)7-5-17)28-20-12-16(14-30)9-11-29(20)22/h4-12,15,30H,3,13-14H2,1-2H3,(H,25,26,27). The Morgan fingerprint density at radius 2 is 1.93 bits per heavy atom. The molecule has 3 aromatic heterocycles. The van der Waals surface area contributed by atoms with Crippen LogP contribution in [-0.4, -0.2) is 31.0 Å². The van der Waals surface area contributed by atoms with Crippen molar-refractivity contribution in [3.8, 4) is 22.6 Å². The maximum Gasteiger partial charge on any atom is 0.223 e. The first kappa shape index (κ1) is 20.0. The van der Waals surface area contributed by atoms with Gasteiger partial charge in [0.15, 0.2) is 0 Å². The van der Waals surface area contributed by atoms with Gasteiger partial charge in [-0.3, -0.25) is 4.40 Å². The highest BCUT2D eigenvalue weighted by Crippen LogP contribution is 2.32. The molecule has 0 amide bonds. The fraction of sp³-hybridized carbons (Fsp3) is 0.261. The fourth-order valence-electron chi connectivity index (χ4n) is 3.22. The lowest BCUT2D eigenvalue weighted by molar-refractivity contribution is 0.282. The maximum atomic E-state index is 13.5. The van der Waals surface area contributed by atoms with Gasteiger partial charge >= 0.3 is 0 Å². The van der Waals surface area contributed by atoms with Gasteiger partial charge < -0.3 is 10.4 Å². The Kier molecular flexibility index (Phi) is 5.72. The molecule has 30 heavy (non-hydrogen) atoms. The highest BCUT2D eigenvalue weighted by Gasteiger charge is 2.18. The van der Waals surface area contributed by atoms with Crippen molar-refractivity contribution in [2.75, 3.05) is 11.9 Å². The van der Waals surface area contributed by atoms with Crippen molar-refractivity contribution in [1.29, 1.82) is 0 Å². The molecule has 0 radical (unpaired) electrons. The molecule has 0 aliphatic heterocycles. The lowest BCUT2D eigenvalue weighted by atomic mass is 10.1. The van der Waals surface area contributed by atoms with E-state index in [0.717, 1.165) is 29.8 Å². The van der Waals surface area contributed by atoms with Crippen molar-refractivity contribution in [2.45, 2.75) is 26.9 Å². The number of aromatic nitrogens is 4. The van der Waals surface area contributed by atoms with E-state index in [4.69, 9.17) is 9.97 Å². The molecule has 7 heteroatoms. The number of anilines is 1. The predicted molar refractivity (Wildman–Crippen MR) is 115 cm³/mol. The number of aliphatic hydroxyl groups excluding tert-OH is 1. The van der Waals surface area contributed by atoms with Crippen LogP contribution in [0, 0.1) is 11.7 Å². The van der Waals surface area contributed by atoms with E-state index in [1.54, 1.807) is 18.3 Å². The minimum Gasteiger partial charge on any atom is -0.392 e. The largest absolute Gasteiger partial charge is 0.392 e. The van der Waals surface area contributed by atoms with Crippen LogP contribution in [0.1, 0.15) is 25.8 Å². The molecule has 0 saturated heterocycles. The van der Waals surface area contributed by atoms with Gasteiger partial charge in [0.2, 0.25) is 5.95 Å². The van der Waals surface area contributed by atoms with Crippen LogP contribution in [-0.2, 0) is 6.61 Å². The number of imidazole rings is 1. The Hall–Kier alpha value is -3.32. The van der Waals surface area contributed by atoms with E-state index < -0.39 is 0 Å². The SMILES string of the molecule is CCC(C)CNc1nccc(-c2c(-c3ccc(F)cc3)nc3cc(CO)ccn23)n1. The average molecular weight is 405 g/mol. The molecule has 2 N–H and O–H groups in total. The van der Waals surface area contributed by atoms with Gasteiger partial charge in [0, 0.05) is 24.5 Å². The molecule has 1 aromatic carbocycles. The molecule has 0 aliphatic carbocycles. The molecule has 4 rings (SSSR count). The van der Waals surface area contributed by atoms with E-state index in [1.807, 2.05) is 28.8 Å². The summed E-state index contributed by atoms with van der Waals surface area (Å²) < 4.78 is 15.4. The topological polar surface area (TPSA) is 75.3 Å². The Morgan fingerprint density at radius 3 is 2.67 bits per heavy atom. The summed E-state index contributed by atoms with van der Waals surface area (Å²) in [6, 6.07) is 11.8. The zero-order valence-corrected chi connectivity index (χ0v) is 17.0. The molecule has 0 spiro atoms. The molecule has 1 unspecified atom stereocenters. The lowest BCUT2D eigenvalue weighted by Crippen LogP contribution is -2.12. The molecular formula is C23H24FN5O. The third kappa shape index (κ3) is 4.02. The van der Waals surface area contributed by atoms with E-state index in [0.29, 0.717) is 28.9 Å². The summed E-state index contributed by atoms with van der Waals surface area (Å²) in [7, 11) is 0. The Bertz CT molecular complexity index is 1160. The summed E-state index contributed by atoms with van der Waals surface area (Å²) in [4.78, 5) is 13.8. The van der Waals surface area contributed by atoms with Crippen molar-refractivity contribution < 1.29 is 9.50 Å². The summed E-state index contributed by atoms with van der Waals surface area (Å²) in [5.74, 6) is 0.768. The second-order valence-electron chi connectivity index (χ2n) is 7.40. The van der Waals surface area contributed by atoms with Crippen molar-refractivity contribution >= 4 is 11.6 Å². The number of halogens is 1. The zero-order chi connectivity index (χ0) is 21.1. The first-order valence-corrected chi connectivity index (χ1v) is 10.0. The van der Waals surface area contributed by atoms with Gasteiger partial charge in [-0.15, -0.1) is 0 Å². The third-order valence-corrected chi connectivity index (χ3v) is 5.19. The quantitative estimate of drug-likeness (QED) is 0.472. The summed E-state index contributed by atoms with van der Waals surface area (Å²) in [6.45, 7) is 5.05. The van der Waals surface area contributed by atoms with Crippen LogP contribution in [0.15, 0.2) is 54.9 Å². The second kappa shape index (κ2) is 8.59. The number of pyridine rings is 1. The van der Waals surface area contributed by atoms with Crippen molar-refractivity contribution in [2.24, 2.45) is 5.92 Å². The fourth-order valence-corrected chi connectivity index (χ4v) is 3.22. The second-order valence-corrected chi connectivity index (χ2v) is 7.40. The first-order valence-electron chi connectivity index (χ1n) is 10.0. The van der Waals surface area contributed by atoms with E-state index >= 15 is 0 Å². The summed E-state index contributed by atoms with van der Waals surface area (Å²) in [5, 5.41) is 12.8. The Labute approximate surface area is 174 Å². The summed E-state index contributed by atoms with van der Waals surface area (Å²) >= 11 is 0. The summed E-state index contributed by atoms with van der Waals surface area (Å²) in [5.41, 5.74) is 4.42. The molecule has 0 fully saturated rings. The predicted octanol–water partition coefficient (Wildman–Crippen LogP) is 4.55.